The third-order valence-electron chi connectivity index (χ3n) is 2.65. The minimum Gasteiger partial charge on any atom is -0.496 e. The molecule has 1 aliphatic carbocycles. The molecule has 0 N–H and O–H groups in total. The molecule has 0 aliphatic heterocycles. The van der Waals surface area contributed by atoms with E-state index in [1.165, 1.54) is 13.2 Å². The van der Waals surface area contributed by atoms with Gasteiger partial charge in [-0.3, -0.25) is 4.79 Å². The van der Waals surface area contributed by atoms with Crippen molar-refractivity contribution >= 4 is 5.78 Å². The van der Waals surface area contributed by atoms with E-state index in [0.717, 1.165) is 6.07 Å². The molecule has 0 unspecified atom stereocenters. The van der Waals surface area contributed by atoms with E-state index in [9.17, 15) is 18.0 Å². The first-order chi connectivity index (χ1) is 7.43. The van der Waals surface area contributed by atoms with Gasteiger partial charge in [-0.15, -0.1) is 0 Å². The number of ketones is 1. The Hall–Kier alpha value is -1.52. The van der Waals surface area contributed by atoms with Crippen LogP contribution in [0.15, 0.2) is 12.1 Å². The summed E-state index contributed by atoms with van der Waals surface area (Å²) >= 11 is 0. The van der Waals surface area contributed by atoms with Crippen LogP contribution in [0.25, 0.3) is 0 Å². The van der Waals surface area contributed by atoms with Gasteiger partial charge in [0.2, 0.25) is 0 Å². The van der Waals surface area contributed by atoms with Crippen molar-refractivity contribution in [1.82, 2.24) is 0 Å². The van der Waals surface area contributed by atoms with Crippen molar-refractivity contribution in [3.8, 4) is 5.75 Å². The number of rotatable bonds is 1. The van der Waals surface area contributed by atoms with Crippen LogP contribution in [-0.4, -0.2) is 12.9 Å². The maximum atomic E-state index is 12.6. The van der Waals surface area contributed by atoms with Gasteiger partial charge in [0, 0.05) is 12.0 Å². The number of benzene rings is 1. The molecule has 16 heavy (non-hydrogen) atoms. The summed E-state index contributed by atoms with van der Waals surface area (Å²) in [5.74, 6) is -0.455. The third kappa shape index (κ3) is 1.66. The Morgan fingerprint density at radius 2 is 1.94 bits per heavy atom. The predicted molar refractivity (Wildman–Crippen MR) is 50.6 cm³/mol. The normalized spacial score (nSPS) is 15.1. The standard InChI is InChI=1S/C11H9F3O2/c1-16-10-4-6-2-3-9(15)7(6)5-8(10)11(12,13)14/h4-5H,2-3H2,1H3. The SMILES string of the molecule is COc1cc2c(cc1C(F)(F)F)C(=O)CC2. The Balaban J connectivity index is 2.61. The van der Waals surface area contributed by atoms with Crippen LogP contribution in [0.5, 0.6) is 5.75 Å². The number of hydrogen-bond donors (Lipinski definition) is 0. The fourth-order valence-corrected chi connectivity index (χ4v) is 1.86. The second-order valence-corrected chi connectivity index (χ2v) is 3.63. The lowest BCUT2D eigenvalue weighted by Crippen LogP contribution is -2.09. The van der Waals surface area contributed by atoms with Crippen LogP contribution >= 0.6 is 0 Å². The molecule has 0 fully saturated rings. The average molecular weight is 230 g/mol. The van der Waals surface area contributed by atoms with E-state index in [-0.39, 0.29) is 23.5 Å². The van der Waals surface area contributed by atoms with Crippen molar-refractivity contribution in [3.05, 3.63) is 28.8 Å². The van der Waals surface area contributed by atoms with Gasteiger partial charge in [-0.25, -0.2) is 0 Å². The molecule has 2 rings (SSSR count). The average Bonchev–Trinajstić information content (AvgIpc) is 2.57. The van der Waals surface area contributed by atoms with Crippen molar-refractivity contribution in [3.63, 3.8) is 0 Å². The lowest BCUT2D eigenvalue weighted by atomic mass is 10.0. The fraction of sp³-hybridized carbons (Fsp3) is 0.364. The number of halogens is 3. The summed E-state index contributed by atoms with van der Waals surface area (Å²) in [5, 5.41) is 0. The molecule has 0 saturated heterocycles. The van der Waals surface area contributed by atoms with E-state index in [4.69, 9.17) is 4.74 Å². The van der Waals surface area contributed by atoms with E-state index in [2.05, 4.69) is 0 Å². The molecule has 0 heterocycles. The molecule has 0 aromatic heterocycles. The summed E-state index contributed by atoms with van der Waals surface area (Å²) in [6.07, 6.45) is -3.73. The zero-order chi connectivity index (χ0) is 11.9. The highest BCUT2D eigenvalue weighted by atomic mass is 19.4. The number of ether oxygens (including phenoxy) is 1. The van der Waals surface area contributed by atoms with Crippen LogP contribution in [0, 0.1) is 0 Å². The maximum absolute atomic E-state index is 12.6. The highest BCUT2D eigenvalue weighted by Crippen LogP contribution is 2.39. The van der Waals surface area contributed by atoms with Gasteiger partial charge in [-0.2, -0.15) is 13.2 Å². The van der Waals surface area contributed by atoms with Crippen molar-refractivity contribution in [2.75, 3.05) is 7.11 Å². The van der Waals surface area contributed by atoms with Crippen LogP contribution < -0.4 is 4.74 Å². The Morgan fingerprint density at radius 3 is 2.50 bits per heavy atom. The van der Waals surface area contributed by atoms with Crippen LogP contribution in [0.4, 0.5) is 13.2 Å². The summed E-state index contributed by atoms with van der Waals surface area (Å²) < 4.78 is 42.6. The molecule has 0 atom stereocenters. The summed E-state index contributed by atoms with van der Waals surface area (Å²) in [7, 11) is 1.19. The monoisotopic (exact) mass is 230 g/mol. The molecule has 2 nitrogen and oxygen atoms in total. The third-order valence-corrected chi connectivity index (χ3v) is 2.65. The van der Waals surface area contributed by atoms with Gasteiger partial charge in [0.05, 0.1) is 12.7 Å². The second-order valence-electron chi connectivity index (χ2n) is 3.63. The Kier molecular flexibility index (Phi) is 2.40. The minimum atomic E-state index is -4.50. The second kappa shape index (κ2) is 3.50. The number of carbonyl (C=O) groups is 1. The molecular formula is C11H9F3O2. The fourth-order valence-electron chi connectivity index (χ4n) is 1.86. The highest BCUT2D eigenvalue weighted by Gasteiger charge is 2.36. The molecule has 1 aliphatic rings. The summed E-state index contributed by atoms with van der Waals surface area (Å²) in [5.41, 5.74) is -0.0769. The molecule has 0 saturated carbocycles. The summed E-state index contributed by atoms with van der Waals surface area (Å²) in [6, 6.07) is 2.20. The van der Waals surface area contributed by atoms with Gasteiger partial charge >= 0.3 is 6.18 Å². The lowest BCUT2D eigenvalue weighted by molar-refractivity contribution is -0.138. The number of carbonyl (C=O) groups excluding carboxylic acids is 1. The Labute approximate surface area is 90.0 Å². The summed E-state index contributed by atoms with van der Waals surface area (Å²) in [6.45, 7) is 0. The Bertz CT molecular complexity index is 449. The molecule has 0 bridgehead atoms. The van der Waals surface area contributed by atoms with Crippen molar-refractivity contribution in [2.24, 2.45) is 0 Å². The zero-order valence-electron chi connectivity index (χ0n) is 8.52. The molecule has 0 spiro atoms. The topological polar surface area (TPSA) is 26.3 Å². The number of fused-ring (bicyclic) bond motifs is 1. The number of hydrogen-bond acceptors (Lipinski definition) is 2. The first-order valence-corrected chi connectivity index (χ1v) is 4.75. The van der Waals surface area contributed by atoms with Crippen LogP contribution in [0.1, 0.15) is 27.9 Å². The number of methoxy groups -OCH3 is 1. The minimum absolute atomic E-state index is 0.174. The van der Waals surface area contributed by atoms with Gasteiger partial charge < -0.3 is 4.74 Å². The molecule has 1 aromatic carbocycles. The van der Waals surface area contributed by atoms with E-state index < -0.39 is 11.7 Å². The predicted octanol–water partition coefficient (Wildman–Crippen LogP) is 2.84. The highest BCUT2D eigenvalue weighted by molar-refractivity contribution is 6.00. The number of aryl methyl sites for hydroxylation is 1. The van der Waals surface area contributed by atoms with Crippen LogP contribution in [0.2, 0.25) is 0 Å². The largest absolute Gasteiger partial charge is 0.496 e. The van der Waals surface area contributed by atoms with Crippen LogP contribution in [-0.2, 0) is 12.6 Å². The van der Waals surface area contributed by atoms with Gasteiger partial charge in [0.1, 0.15) is 5.75 Å². The molecular weight excluding hydrogens is 221 g/mol. The summed E-state index contributed by atoms with van der Waals surface area (Å²) in [4.78, 5) is 11.3. The zero-order valence-corrected chi connectivity index (χ0v) is 8.52. The molecule has 1 aromatic rings. The quantitative estimate of drug-likeness (QED) is 0.741. The van der Waals surface area contributed by atoms with E-state index in [1.807, 2.05) is 0 Å². The Morgan fingerprint density at radius 1 is 1.25 bits per heavy atom. The molecule has 0 amide bonds. The first-order valence-electron chi connectivity index (χ1n) is 4.75. The van der Waals surface area contributed by atoms with E-state index in [1.54, 1.807) is 0 Å². The molecule has 86 valence electrons. The van der Waals surface area contributed by atoms with Crippen LogP contribution in [0.3, 0.4) is 0 Å². The van der Waals surface area contributed by atoms with Gasteiger partial charge in [0.25, 0.3) is 0 Å². The van der Waals surface area contributed by atoms with E-state index >= 15 is 0 Å². The van der Waals surface area contributed by atoms with E-state index in [0.29, 0.717) is 12.0 Å². The maximum Gasteiger partial charge on any atom is 0.419 e. The van der Waals surface area contributed by atoms with Gasteiger partial charge in [0.15, 0.2) is 5.78 Å². The number of alkyl halides is 3. The van der Waals surface area contributed by atoms with Crippen molar-refractivity contribution in [1.29, 1.82) is 0 Å². The van der Waals surface area contributed by atoms with Gasteiger partial charge in [-0.05, 0) is 24.1 Å². The van der Waals surface area contributed by atoms with Crippen molar-refractivity contribution in [2.45, 2.75) is 19.0 Å². The number of Topliss-reactive ketones (excluding diaryl/α,β-unsaturated/α-hetero) is 1. The first kappa shape index (κ1) is 11.0. The molecule has 0 radical (unpaired) electrons. The lowest BCUT2D eigenvalue weighted by Gasteiger charge is -2.13. The smallest absolute Gasteiger partial charge is 0.419 e. The van der Waals surface area contributed by atoms with Gasteiger partial charge in [-0.1, -0.05) is 0 Å². The van der Waals surface area contributed by atoms with Crippen molar-refractivity contribution < 1.29 is 22.7 Å². The molecule has 5 heteroatoms.